The Hall–Kier alpha value is -2.17. The zero-order chi connectivity index (χ0) is 25.4. The predicted molar refractivity (Wildman–Crippen MR) is 131 cm³/mol. The molecule has 0 aliphatic carbocycles. The first-order chi connectivity index (χ1) is 15.5. The summed E-state index contributed by atoms with van der Waals surface area (Å²) in [6.45, 7) is 8.03. The number of carbonyl (C=O) groups excluding carboxylic acids is 5. The second kappa shape index (κ2) is 17.3. The lowest BCUT2D eigenvalue weighted by Gasteiger charge is -2.26. The molecule has 0 bridgehead atoms. The highest BCUT2D eigenvalue weighted by Crippen LogP contribution is 2.10. The number of amides is 5. The smallest absolute Gasteiger partial charge is 0.312 e. The van der Waals surface area contributed by atoms with Crippen molar-refractivity contribution < 1.29 is 24.0 Å². The van der Waals surface area contributed by atoms with Crippen molar-refractivity contribution in [3.63, 3.8) is 0 Å². The van der Waals surface area contributed by atoms with E-state index in [1.165, 1.54) is 0 Å². The normalized spacial score (nSPS) is 12.7. The fourth-order valence-electron chi connectivity index (χ4n) is 3.11. The Morgan fingerprint density at radius 3 is 2.00 bits per heavy atom. The fraction of sp³-hybridized carbons (Fsp3) is 0.773. The van der Waals surface area contributed by atoms with E-state index < -0.39 is 24.0 Å². The summed E-state index contributed by atoms with van der Waals surface area (Å²) in [4.78, 5) is 59.8. The fourth-order valence-corrected chi connectivity index (χ4v) is 3.31. The highest BCUT2D eigenvalue weighted by Gasteiger charge is 2.29. The summed E-state index contributed by atoms with van der Waals surface area (Å²) >= 11 is 3.08. The zero-order valence-electron chi connectivity index (χ0n) is 20.2. The maximum atomic E-state index is 12.9. The number of nitrogens with one attached hydrogen (secondary N) is 4. The van der Waals surface area contributed by atoms with Crippen LogP contribution in [0.25, 0.3) is 0 Å². The largest absolute Gasteiger partial charge is 0.355 e. The molecule has 6 N–H and O–H groups in total. The number of primary amides is 1. The van der Waals surface area contributed by atoms with E-state index in [1.54, 1.807) is 13.8 Å². The van der Waals surface area contributed by atoms with Gasteiger partial charge in [0.2, 0.25) is 17.7 Å². The molecule has 0 fully saturated rings. The number of unbranched alkanes of at least 4 members (excludes halogenated alkanes) is 2. The van der Waals surface area contributed by atoms with Gasteiger partial charge in [0.25, 0.3) is 0 Å². The average molecular weight is 534 g/mol. The monoisotopic (exact) mass is 533 g/mol. The SMILES string of the molecule is CC(C)C(=O)[C@H](CCCNC(N)=O)NC(=O)C(NC(=O)CCCCCNC(=O)CBr)C(C)C. The third-order valence-corrected chi connectivity index (χ3v) is 5.50. The van der Waals surface area contributed by atoms with Gasteiger partial charge < -0.3 is 27.0 Å². The van der Waals surface area contributed by atoms with Crippen molar-refractivity contribution in [1.29, 1.82) is 0 Å². The van der Waals surface area contributed by atoms with E-state index in [-0.39, 0.29) is 41.2 Å². The molecule has 0 aromatic carbocycles. The van der Waals surface area contributed by atoms with Gasteiger partial charge >= 0.3 is 6.03 Å². The summed E-state index contributed by atoms with van der Waals surface area (Å²) in [5.41, 5.74) is 5.05. The Balaban J connectivity index is 4.71. The quantitative estimate of drug-likeness (QED) is 0.141. The molecule has 0 saturated carbocycles. The van der Waals surface area contributed by atoms with Gasteiger partial charge in [-0.3, -0.25) is 19.2 Å². The molecule has 0 spiro atoms. The molecule has 11 heteroatoms. The van der Waals surface area contributed by atoms with Gasteiger partial charge in [0, 0.05) is 25.4 Å². The predicted octanol–water partition coefficient (Wildman–Crippen LogP) is 1.36. The van der Waals surface area contributed by atoms with Crippen molar-refractivity contribution in [3.8, 4) is 0 Å². The van der Waals surface area contributed by atoms with Gasteiger partial charge in [0.1, 0.15) is 6.04 Å². The van der Waals surface area contributed by atoms with Gasteiger partial charge in [-0.05, 0) is 31.6 Å². The number of hydrogen-bond acceptors (Lipinski definition) is 5. The number of carbonyl (C=O) groups is 5. The van der Waals surface area contributed by atoms with Crippen LogP contribution in [-0.2, 0) is 19.2 Å². The molecule has 0 aromatic rings. The molecule has 0 radical (unpaired) electrons. The number of alkyl halides is 1. The summed E-state index contributed by atoms with van der Waals surface area (Å²) in [5.74, 6) is -1.26. The summed E-state index contributed by atoms with van der Waals surface area (Å²) in [6.07, 6.45) is 3.29. The van der Waals surface area contributed by atoms with Gasteiger partial charge in [-0.2, -0.15) is 0 Å². The maximum Gasteiger partial charge on any atom is 0.312 e. The van der Waals surface area contributed by atoms with Crippen LogP contribution in [0.1, 0.15) is 66.2 Å². The van der Waals surface area contributed by atoms with E-state index in [9.17, 15) is 24.0 Å². The van der Waals surface area contributed by atoms with Gasteiger partial charge in [-0.15, -0.1) is 0 Å². The van der Waals surface area contributed by atoms with Crippen LogP contribution in [0, 0.1) is 11.8 Å². The first-order valence-electron chi connectivity index (χ1n) is 11.5. The van der Waals surface area contributed by atoms with E-state index in [0.717, 1.165) is 12.8 Å². The van der Waals surface area contributed by atoms with Gasteiger partial charge in [0.05, 0.1) is 11.4 Å². The summed E-state index contributed by atoms with van der Waals surface area (Å²) in [7, 11) is 0. The number of hydrogen-bond donors (Lipinski definition) is 5. The maximum absolute atomic E-state index is 12.9. The Bertz CT molecular complexity index is 657. The number of halogens is 1. The summed E-state index contributed by atoms with van der Waals surface area (Å²) < 4.78 is 0. The van der Waals surface area contributed by atoms with Crippen molar-refractivity contribution in [3.05, 3.63) is 0 Å². The Labute approximate surface area is 205 Å². The van der Waals surface area contributed by atoms with Crippen LogP contribution in [0.15, 0.2) is 0 Å². The first kappa shape index (κ1) is 30.8. The molecule has 0 rings (SSSR count). The minimum absolute atomic E-state index is 0.0723. The lowest BCUT2D eigenvalue weighted by atomic mass is 9.96. The van der Waals surface area contributed by atoms with E-state index in [4.69, 9.17) is 5.73 Å². The lowest BCUT2D eigenvalue weighted by molar-refractivity contribution is -0.133. The first-order valence-corrected chi connectivity index (χ1v) is 12.6. The zero-order valence-corrected chi connectivity index (χ0v) is 21.8. The average Bonchev–Trinajstić information content (AvgIpc) is 2.74. The highest BCUT2D eigenvalue weighted by atomic mass is 79.9. The van der Waals surface area contributed by atoms with E-state index in [1.807, 2.05) is 13.8 Å². The molecule has 10 nitrogen and oxygen atoms in total. The topological polar surface area (TPSA) is 159 Å². The molecule has 5 amide bonds. The van der Waals surface area contributed by atoms with E-state index in [2.05, 4.69) is 37.2 Å². The van der Waals surface area contributed by atoms with E-state index in [0.29, 0.717) is 32.4 Å². The molecular formula is C22H40BrN5O5. The minimum atomic E-state index is -0.762. The van der Waals surface area contributed by atoms with Crippen LogP contribution in [0.2, 0.25) is 0 Å². The minimum Gasteiger partial charge on any atom is -0.355 e. The van der Waals surface area contributed by atoms with Crippen LogP contribution in [0.4, 0.5) is 4.79 Å². The van der Waals surface area contributed by atoms with Gasteiger partial charge in [0.15, 0.2) is 5.78 Å². The highest BCUT2D eigenvalue weighted by molar-refractivity contribution is 9.09. The van der Waals surface area contributed by atoms with Crippen LogP contribution in [0.3, 0.4) is 0 Å². The van der Waals surface area contributed by atoms with Crippen molar-refractivity contribution in [2.75, 3.05) is 18.4 Å². The van der Waals surface area contributed by atoms with Crippen LogP contribution in [-0.4, -0.2) is 60.0 Å². The standard InChI is InChI=1S/C22H40BrN5O5/c1-14(2)19(28-17(29)10-6-5-7-11-25-18(30)13-23)21(32)27-16(20(31)15(3)4)9-8-12-26-22(24)33/h14-16,19H,5-13H2,1-4H3,(H,25,30)(H,27,32)(H,28,29)(H3,24,26,33)/t16-,19?/m0/s1. The molecule has 0 saturated heterocycles. The summed E-state index contributed by atoms with van der Waals surface area (Å²) in [6, 6.07) is -2.11. The lowest BCUT2D eigenvalue weighted by Crippen LogP contribution is -2.54. The third-order valence-electron chi connectivity index (χ3n) is 4.99. The van der Waals surface area contributed by atoms with Gasteiger partial charge in [-0.1, -0.05) is 50.0 Å². The molecule has 0 aromatic heterocycles. The molecule has 1 unspecified atom stereocenters. The van der Waals surface area contributed by atoms with Crippen molar-refractivity contribution >= 4 is 45.5 Å². The number of nitrogens with two attached hydrogens (primary N) is 1. The molecule has 190 valence electrons. The Morgan fingerprint density at radius 1 is 0.818 bits per heavy atom. The van der Waals surface area contributed by atoms with Gasteiger partial charge in [-0.25, -0.2) is 4.79 Å². The molecule has 0 aliphatic rings. The molecule has 2 atom stereocenters. The number of Topliss-reactive ketones (excluding diaryl/α,β-unsaturated/α-hetero) is 1. The molecule has 0 aliphatic heterocycles. The van der Waals surface area contributed by atoms with Crippen molar-refractivity contribution in [1.82, 2.24) is 21.3 Å². The third kappa shape index (κ3) is 14.6. The molecule has 0 heterocycles. The van der Waals surface area contributed by atoms with Crippen molar-refractivity contribution in [2.45, 2.75) is 78.3 Å². The number of rotatable bonds is 17. The van der Waals surface area contributed by atoms with Crippen LogP contribution in [0.5, 0.6) is 0 Å². The Morgan fingerprint density at radius 2 is 1.45 bits per heavy atom. The Kier molecular flexibility index (Phi) is 16.2. The van der Waals surface area contributed by atoms with Crippen molar-refractivity contribution in [2.24, 2.45) is 17.6 Å². The summed E-state index contributed by atoms with van der Waals surface area (Å²) in [5, 5.41) is 11.0. The number of urea groups is 1. The van der Waals surface area contributed by atoms with Crippen LogP contribution >= 0.6 is 15.9 Å². The molecular weight excluding hydrogens is 494 g/mol. The number of ketones is 1. The second-order valence-corrected chi connectivity index (χ2v) is 9.20. The van der Waals surface area contributed by atoms with E-state index >= 15 is 0 Å². The second-order valence-electron chi connectivity index (χ2n) is 8.63. The van der Waals surface area contributed by atoms with Crippen LogP contribution < -0.4 is 27.0 Å². The molecule has 33 heavy (non-hydrogen) atoms.